The maximum absolute atomic E-state index is 14.0. The van der Waals surface area contributed by atoms with Crippen molar-refractivity contribution in [2.24, 2.45) is 0 Å². The normalized spacial score (nSPS) is 11.5. The van der Waals surface area contributed by atoms with Crippen LogP contribution < -0.4 is 4.74 Å². The molecule has 0 fully saturated rings. The highest BCUT2D eigenvalue weighted by Gasteiger charge is 2.21. The molecule has 21 heavy (non-hydrogen) atoms. The first-order valence-electron chi connectivity index (χ1n) is 6.95. The number of benzene rings is 2. The first kappa shape index (κ1) is 15.8. The minimum Gasteiger partial charge on any atom is -0.454 e. The van der Waals surface area contributed by atoms with E-state index in [1.54, 1.807) is 12.1 Å². The topological polar surface area (TPSA) is 9.23 Å². The largest absolute Gasteiger partial charge is 0.454 e. The molecule has 112 valence electrons. The Bertz CT molecular complexity index is 644. The molecule has 2 aromatic carbocycles. The van der Waals surface area contributed by atoms with E-state index < -0.39 is 5.82 Å². The Morgan fingerprint density at radius 3 is 2.48 bits per heavy atom. The number of para-hydroxylation sites is 1. The van der Waals surface area contributed by atoms with Gasteiger partial charge in [0.1, 0.15) is 5.75 Å². The summed E-state index contributed by atoms with van der Waals surface area (Å²) in [5, 5.41) is 0. The molecule has 0 atom stereocenters. The predicted molar refractivity (Wildman–Crippen MR) is 85.9 cm³/mol. The Morgan fingerprint density at radius 1 is 1.14 bits per heavy atom. The molecule has 0 saturated heterocycles. The van der Waals surface area contributed by atoms with E-state index in [1.165, 1.54) is 6.07 Å². The van der Waals surface area contributed by atoms with Gasteiger partial charge in [-0.1, -0.05) is 50.6 Å². The average molecular weight is 307 g/mol. The van der Waals surface area contributed by atoms with Crippen LogP contribution in [-0.4, -0.2) is 0 Å². The molecule has 0 unspecified atom stereocenters. The van der Waals surface area contributed by atoms with E-state index in [1.807, 2.05) is 19.1 Å². The van der Waals surface area contributed by atoms with Crippen molar-refractivity contribution in [1.82, 2.24) is 0 Å². The lowest BCUT2D eigenvalue weighted by Crippen LogP contribution is -2.13. The Morgan fingerprint density at radius 2 is 1.86 bits per heavy atom. The first-order chi connectivity index (χ1) is 9.82. The second kappa shape index (κ2) is 6.07. The van der Waals surface area contributed by atoms with E-state index in [-0.39, 0.29) is 17.0 Å². The molecule has 0 radical (unpaired) electrons. The minimum absolute atomic E-state index is 0.0895. The highest BCUT2D eigenvalue weighted by atomic mass is 35.5. The zero-order valence-electron chi connectivity index (χ0n) is 12.8. The molecule has 0 saturated carbocycles. The van der Waals surface area contributed by atoms with Crippen molar-refractivity contribution in [3.8, 4) is 11.5 Å². The van der Waals surface area contributed by atoms with Gasteiger partial charge in [-0.3, -0.25) is 0 Å². The number of aryl methyl sites for hydroxylation is 1. The van der Waals surface area contributed by atoms with Crippen molar-refractivity contribution in [3.63, 3.8) is 0 Å². The van der Waals surface area contributed by atoms with Crippen LogP contribution in [0, 0.1) is 12.7 Å². The zero-order chi connectivity index (χ0) is 15.6. The summed E-state index contributed by atoms with van der Waals surface area (Å²) in [5.74, 6) is 0.698. The molecular weight excluding hydrogens is 287 g/mol. The summed E-state index contributed by atoms with van der Waals surface area (Å²) in [6, 6.07) is 10.7. The summed E-state index contributed by atoms with van der Waals surface area (Å²) in [4.78, 5) is 0. The van der Waals surface area contributed by atoms with Gasteiger partial charge >= 0.3 is 0 Å². The molecule has 0 aliphatic carbocycles. The van der Waals surface area contributed by atoms with Crippen molar-refractivity contribution in [3.05, 3.63) is 58.9 Å². The Hall–Kier alpha value is -1.54. The summed E-state index contributed by atoms with van der Waals surface area (Å²) in [7, 11) is 0. The molecule has 2 rings (SSSR count). The maximum atomic E-state index is 14.0. The van der Waals surface area contributed by atoms with Crippen LogP contribution in [0.2, 0.25) is 0 Å². The van der Waals surface area contributed by atoms with Gasteiger partial charge in [0.15, 0.2) is 11.6 Å². The van der Waals surface area contributed by atoms with Gasteiger partial charge in [0.05, 0.1) is 5.88 Å². The number of ether oxygens (including phenoxy) is 1. The van der Waals surface area contributed by atoms with E-state index in [4.69, 9.17) is 16.3 Å². The maximum Gasteiger partial charge on any atom is 0.167 e. The molecule has 0 spiro atoms. The first-order valence-corrected chi connectivity index (χ1v) is 7.48. The summed E-state index contributed by atoms with van der Waals surface area (Å²) in [6.07, 6.45) is 0. The van der Waals surface area contributed by atoms with Crippen molar-refractivity contribution in [2.75, 3.05) is 0 Å². The van der Waals surface area contributed by atoms with Crippen molar-refractivity contribution in [1.29, 1.82) is 0 Å². The highest BCUT2D eigenvalue weighted by Crippen LogP contribution is 2.37. The smallest absolute Gasteiger partial charge is 0.167 e. The molecule has 0 aliphatic heterocycles. The molecule has 0 heterocycles. The predicted octanol–water partition coefficient (Wildman–Crippen LogP) is 5.96. The third-order valence-corrected chi connectivity index (χ3v) is 3.64. The van der Waals surface area contributed by atoms with Gasteiger partial charge in [0.2, 0.25) is 0 Å². The summed E-state index contributed by atoms with van der Waals surface area (Å²) in [6.45, 7) is 8.36. The lowest BCUT2D eigenvalue weighted by molar-refractivity contribution is 0.421. The summed E-state index contributed by atoms with van der Waals surface area (Å²) >= 11 is 5.88. The van der Waals surface area contributed by atoms with E-state index >= 15 is 0 Å². The fourth-order valence-electron chi connectivity index (χ4n) is 2.20. The van der Waals surface area contributed by atoms with Crippen LogP contribution in [0.25, 0.3) is 0 Å². The summed E-state index contributed by atoms with van der Waals surface area (Å²) < 4.78 is 19.9. The van der Waals surface area contributed by atoms with Crippen LogP contribution in [0.3, 0.4) is 0 Å². The van der Waals surface area contributed by atoms with Gasteiger partial charge in [0, 0.05) is 11.1 Å². The van der Waals surface area contributed by atoms with E-state index in [9.17, 15) is 4.39 Å². The van der Waals surface area contributed by atoms with Crippen LogP contribution in [0.4, 0.5) is 4.39 Å². The van der Waals surface area contributed by atoms with Crippen molar-refractivity contribution >= 4 is 11.6 Å². The minimum atomic E-state index is -0.395. The molecule has 0 N–H and O–H groups in total. The second-order valence-electron chi connectivity index (χ2n) is 6.21. The fraction of sp³-hybridized carbons (Fsp3) is 0.333. The van der Waals surface area contributed by atoms with Crippen LogP contribution in [0.5, 0.6) is 11.5 Å². The van der Waals surface area contributed by atoms with E-state index in [2.05, 4.69) is 26.8 Å². The number of halogens is 2. The SMILES string of the molecule is Cc1ccc(Oc2c(F)cccc2CCl)c(C(C)(C)C)c1. The number of rotatable bonds is 3. The quantitative estimate of drug-likeness (QED) is 0.635. The molecule has 0 amide bonds. The monoisotopic (exact) mass is 306 g/mol. The van der Waals surface area contributed by atoms with Crippen LogP contribution in [0.1, 0.15) is 37.5 Å². The lowest BCUT2D eigenvalue weighted by atomic mass is 9.85. The molecular formula is C18H20ClFO. The number of hydrogen-bond donors (Lipinski definition) is 0. The molecule has 0 aromatic heterocycles. The molecule has 3 heteroatoms. The highest BCUT2D eigenvalue weighted by molar-refractivity contribution is 6.17. The van der Waals surface area contributed by atoms with Gasteiger partial charge in [-0.05, 0) is 24.5 Å². The zero-order valence-corrected chi connectivity index (χ0v) is 13.6. The summed E-state index contributed by atoms with van der Waals surface area (Å²) in [5.41, 5.74) is 2.76. The van der Waals surface area contributed by atoms with Gasteiger partial charge in [-0.2, -0.15) is 0 Å². The second-order valence-corrected chi connectivity index (χ2v) is 6.48. The molecule has 2 aromatic rings. The Balaban J connectivity index is 2.50. The average Bonchev–Trinajstić information content (AvgIpc) is 2.41. The van der Waals surface area contributed by atoms with Crippen LogP contribution in [0.15, 0.2) is 36.4 Å². The van der Waals surface area contributed by atoms with Crippen molar-refractivity contribution in [2.45, 2.75) is 39.0 Å². The van der Waals surface area contributed by atoms with Gasteiger partial charge in [-0.25, -0.2) is 4.39 Å². The van der Waals surface area contributed by atoms with E-state index in [0.717, 1.165) is 11.1 Å². The van der Waals surface area contributed by atoms with Gasteiger partial charge < -0.3 is 4.74 Å². The number of hydrogen-bond acceptors (Lipinski definition) is 1. The Kier molecular flexibility index (Phi) is 4.58. The fourth-order valence-corrected chi connectivity index (χ4v) is 2.41. The third-order valence-electron chi connectivity index (χ3n) is 3.35. The van der Waals surface area contributed by atoms with Gasteiger partial charge in [0.25, 0.3) is 0 Å². The van der Waals surface area contributed by atoms with Crippen molar-refractivity contribution < 1.29 is 9.13 Å². The molecule has 1 nitrogen and oxygen atoms in total. The molecule has 0 bridgehead atoms. The lowest BCUT2D eigenvalue weighted by Gasteiger charge is -2.24. The third kappa shape index (κ3) is 3.56. The standard InChI is InChI=1S/C18H20ClFO/c1-12-8-9-16(14(10-12)18(2,3)4)21-17-13(11-19)6-5-7-15(17)20/h5-10H,11H2,1-4H3. The van der Waals surface area contributed by atoms with Crippen LogP contribution >= 0.6 is 11.6 Å². The molecule has 0 aliphatic rings. The Labute approximate surface area is 130 Å². The van der Waals surface area contributed by atoms with Crippen LogP contribution in [-0.2, 0) is 11.3 Å². The van der Waals surface area contributed by atoms with Gasteiger partial charge in [-0.15, -0.1) is 11.6 Å². The van der Waals surface area contributed by atoms with E-state index in [0.29, 0.717) is 11.3 Å². The number of alkyl halides is 1.